The second kappa shape index (κ2) is 11.3. The van der Waals surface area contributed by atoms with Gasteiger partial charge in [-0.1, -0.05) is 62.6 Å². The second-order valence-electron chi connectivity index (χ2n) is 10.2. The van der Waals surface area contributed by atoms with Crippen molar-refractivity contribution in [2.24, 2.45) is 17.8 Å². The summed E-state index contributed by atoms with van der Waals surface area (Å²) in [6.45, 7) is 6.18. The minimum atomic E-state index is -0.904. The number of fused-ring (bicyclic) bond motifs is 1. The van der Waals surface area contributed by atoms with Crippen molar-refractivity contribution in [3.8, 4) is 5.75 Å². The second-order valence-corrected chi connectivity index (χ2v) is 10.2. The molecule has 2 aromatic rings. The first kappa shape index (κ1) is 24.0. The van der Waals surface area contributed by atoms with Gasteiger partial charge >= 0.3 is 0 Å². The quantitative estimate of drug-likeness (QED) is 0.346. The van der Waals surface area contributed by atoms with Crippen molar-refractivity contribution in [2.45, 2.75) is 83.7 Å². The normalized spacial score (nSPS) is 24.8. The number of benzene rings is 2. The molecule has 2 aromatic carbocycles. The number of ether oxygens (including phenoxy) is 1. The minimum Gasteiger partial charge on any atom is -0.486 e. The number of allylic oxidation sites excluding steroid dienone is 1. The molecule has 3 heteroatoms. The first-order valence-corrected chi connectivity index (χ1v) is 12.9. The van der Waals surface area contributed by atoms with E-state index in [9.17, 15) is 8.78 Å². The van der Waals surface area contributed by atoms with Crippen LogP contribution in [0.15, 0.2) is 49.1 Å². The molecule has 4 atom stereocenters. The fourth-order valence-electron chi connectivity index (χ4n) is 6.14. The van der Waals surface area contributed by atoms with Crippen molar-refractivity contribution in [1.82, 2.24) is 0 Å². The van der Waals surface area contributed by atoms with Crippen molar-refractivity contribution in [1.29, 1.82) is 0 Å². The zero-order chi connectivity index (χ0) is 23.2. The fraction of sp³-hybridized carbons (Fsp3) is 0.533. The van der Waals surface area contributed by atoms with Gasteiger partial charge < -0.3 is 4.74 Å². The molecule has 2 fully saturated rings. The highest BCUT2D eigenvalue weighted by Crippen LogP contribution is 2.48. The molecule has 4 unspecified atom stereocenters. The molecule has 0 saturated heterocycles. The molecule has 2 aliphatic rings. The van der Waals surface area contributed by atoms with E-state index in [1.165, 1.54) is 63.0 Å². The lowest BCUT2D eigenvalue weighted by Crippen LogP contribution is -2.30. The van der Waals surface area contributed by atoms with Crippen molar-refractivity contribution < 1.29 is 13.5 Å². The van der Waals surface area contributed by atoms with Gasteiger partial charge in [-0.3, -0.25) is 0 Å². The third-order valence-electron chi connectivity index (χ3n) is 8.01. The van der Waals surface area contributed by atoms with Gasteiger partial charge in [-0.2, -0.15) is 4.39 Å². The van der Waals surface area contributed by atoms with Gasteiger partial charge in [0.1, 0.15) is 6.61 Å². The molecular formula is C30H38F2O. The van der Waals surface area contributed by atoms with Gasteiger partial charge in [0.25, 0.3) is 0 Å². The zero-order valence-corrected chi connectivity index (χ0v) is 20.0. The summed E-state index contributed by atoms with van der Waals surface area (Å²) in [6.07, 6.45) is 13.8. The molecule has 178 valence electrons. The summed E-state index contributed by atoms with van der Waals surface area (Å²) in [6, 6.07) is 11.7. The van der Waals surface area contributed by atoms with Gasteiger partial charge in [0.05, 0.1) is 0 Å². The van der Waals surface area contributed by atoms with Crippen LogP contribution in [0.25, 0.3) is 0 Å². The van der Waals surface area contributed by atoms with Crippen LogP contribution in [-0.4, -0.2) is 0 Å². The van der Waals surface area contributed by atoms with Crippen LogP contribution in [0, 0.1) is 29.4 Å². The Balaban J connectivity index is 1.31. The fourth-order valence-corrected chi connectivity index (χ4v) is 6.14. The molecule has 0 aliphatic heterocycles. The maximum Gasteiger partial charge on any atom is 0.200 e. The number of aryl methyl sites for hydroxylation is 1. The number of halogens is 2. The van der Waals surface area contributed by atoms with E-state index in [2.05, 4.69) is 37.8 Å². The summed E-state index contributed by atoms with van der Waals surface area (Å²) >= 11 is 0. The Kier molecular flexibility index (Phi) is 8.22. The molecule has 0 amide bonds. The smallest absolute Gasteiger partial charge is 0.200 e. The van der Waals surface area contributed by atoms with E-state index in [0.29, 0.717) is 24.3 Å². The summed E-state index contributed by atoms with van der Waals surface area (Å²) in [4.78, 5) is 0. The molecule has 0 aromatic heterocycles. The molecule has 0 bridgehead atoms. The Morgan fingerprint density at radius 2 is 1.70 bits per heavy atom. The molecule has 0 heterocycles. The molecule has 0 spiro atoms. The van der Waals surface area contributed by atoms with Crippen LogP contribution in [0.4, 0.5) is 8.78 Å². The maximum absolute atomic E-state index is 14.4. The van der Waals surface area contributed by atoms with Crippen molar-refractivity contribution in [3.63, 3.8) is 0 Å². The van der Waals surface area contributed by atoms with Gasteiger partial charge in [-0.15, -0.1) is 6.58 Å². The molecule has 4 rings (SSSR count). The summed E-state index contributed by atoms with van der Waals surface area (Å²) in [5, 5.41) is 0. The van der Waals surface area contributed by atoms with E-state index in [0.717, 1.165) is 23.3 Å². The topological polar surface area (TPSA) is 9.23 Å². The van der Waals surface area contributed by atoms with E-state index in [1.807, 2.05) is 0 Å². The van der Waals surface area contributed by atoms with Crippen LogP contribution in [0.2, 0.25) is 0 Å². The molecule has 2 saturated carbocycles. The summed E-state index contributed by atoms with van der Waals surface area (Å²) in [7, 11) is 0. The van der Waals surface area contributed by atoms with Crippen LogP contribution in [0.5, 0.6) is 5.75 Å². The largest absolute Gasteiger partial charge is 0.486 e. The molecule has 1 nitrogen and oxygen atoms in total. The predicted octanol–water partition coefficient (Wildman–Crippen LogP) is 8.76. The minimum absolute atomic E-state index is 0.0315. The Hall–Kier alpha value is -2.16. The van der Waals surface area contributed by atoms with Gasteiger partial charge in [0, 0.05) is 0 Å². The summed E-state index contributed by atoms with van der Waals surface area (Å²) in [5.74, 6) is 1.70. The highest BCUT2D eigenvalue weighted by molar-refractivity contribution is 5.32. The summed E-state index contributed by atoms with van der Waals surface area (Å²) in [5.41, 5.74) is 2.75. The van der Waals surface area contributed by atoms with Crippen molar-refractivity contribution in [3.05, 3.63) is 77.4 Å². The Morgan fingerprint density at radius 1 is 0.939 bits per heavy atom. The van der Waals surface area contributed by atoms with Crippen LogP contribution in [-0.2, 0) is 13.0 Å². The van der Waals surface area contributed by atoms with Gasteiger partial charge in [0.2, 0.25) is 5.82 Å². The first-order chi connectivity index (χ1) is 16.1. The summed E-state index contributed by atoms with van der Waals surface area (Å²) < 4.78 is 34.2. The van der Waals surface area contributed by atoms with E-state index >= 15 is 0 Å². The average molecular weight is 453 g/mol. The molecule has 2 aliphatic carbocycles. The van der Waals surface area contributed by atoms with Crippen LogP contribution < -0.4 is 4.74 Å². The monoisotopic (exact) mass is 452 g/mol. The van der Waals surface area contributed by atoms with E-state index in [4.69, 9.17) is 4.74 Å². The Morgan fingerprint density at radius 3 is 2.45 bits per heavy atom. The lowest BCUT2D eigenvalue weighted by Gasteiger charge is -2.42. The SMILES string of the molecule is C=CCCc1ccc(OCc2ccc(C3CCC4CC(CCC)CCC4C3)cc2)c(F)c1F. The van der Waals surface area contributed by atoms with Crippen molar-refractivity contribution in [2.75, 3.05) is 0 Å². The van der Waals surface area contributed by atoms with E-state index in [-0.39, 0.29) is 12.4 Å². The average Bonchev–Trinajstić information content (AvgIpc) is 2.84. The van der Waals surface area contributed by atoms with E-state index in [1.54, 1.807) is 12.1 Å². The lowest BCUT2D eigenvalue weighted by atomic mass is 9.63. The maximum atomic E-state index is 14.4. The number of rotatable bonds is 9. The third-order valence-corrected chi connectivity index (χ3v) is 8.01. The number of hydrogen-bond donors (Lipinski definition) is 0. The van der Waals surface area contributed by atoms with E-state index < -0.39 is 11.6 Å². The molecular weight excluding hydrogens is 414 g/mol. The Labute approximate surface area is 198 Å². The molecule has 0 N–H and O–H groups in total. The van der Waals surface area contributed by atoms with Crippen LogP contribution in [0.1, 0.15) is 87.3 Å². The van der Waals surface area contributed by atoms with Gasteiger partial charge in [-0.25, -0.2) is 4.39 Å². The third kappa shape index (κ3) is 5.86. The number of hydrogen-bond acceptors (Lipinski definition) is 1. The highest BCUT2D eigenvalue weighted by atomic mass is 19.2. The zero-order valence-electron chi connectivity index (χ0n) is 20.0. The molecule has 33 heavy (non-hydrogen) atoms. The predicted molar refractivity (Wildman–Crippen MR) is 131 cm³/mol. The molecule has 0 radical (unpaired) electrons. The van der Waals surface area contributed by atoms with Crippen LogP contribution in [0.3, 0.4) is 0 Å². The lowest BCUT2D eigenvalue weighted by molar-refractivity contribution is 0.114. The Bertz CT molecular complexity index is 920. The highest BCUT2D eigenvalue weighted by Gasteiger charge is 2.35. The van der Waals surface area contributed by atoms with Gasteiger partial charge in [-0.05, 0) is 91.4 Å². The van der Waals surface area contributed by atoms with Gasteiger partial charge in [0.15, 0.2) is 11.6 Å². The first-order valence-electron chi connectivity index (χ1n) is 12.9. The van der Waals surface area contributed by atoms with Crippen molar-refractivity contribution >= 4 is 0 Å². The van der Waals surface area contributed by atoms with Crippen LogP contribution >= 0.6 is 0 Å². The standard InChI is InChI=1S/C30H38F2O/c1-3-5-7-24-16-17-28(30(32)29(24)31)33-20-22-9-11-23(12-10-22)26-15-14-25-18-21(6-4-2)8-13-27(25)19-26/h3,9-12,16-17,21,25-27H,1,4-8,13-15,18-20H2,2H3.